The second-order valence-electron chi connectivity index (χ2n) is 8.39. The van der Waals surface area contributed by atoms with Crippen LogP contribution in [0.2, 0.25) is 0 Å². The van der Waals surface area contributed by atoms with Crippen LogP contribution in [0, 0.1) is 13.8 Å². The smallest absolute Gasteiger partial charge is 0.324 e. The van der Waals surface area contributed by atoms with E-state index in [4.69, 9.17) is 0 Å². The molecule has 1 aromatic carbocycles. The van der Waals surface area contributed by atoms with Gasteiger partial charge in [-0.1, -0.05) is 17.7 Å². The van der Waals surface area contributed by atoms with E-state index in [2.05, 4.69) is 10.4 Å². The topological polar surface area (TPSA) is 106 Å². The van der Waals surface area contributed by atoms with Gasteiger partial charge in [0.1, 0.15) is 17.4 Å². The molecule has 1 aliphatic rings. The number of anilines is 1. The van der Waals surface area contributed by atoms with Crippen molar-refractivity contribution in [2.45, 2.75) is 39.2 Å². The summed E-state index contributed by atoms with van der Waals surface area (Å²) in [5.41, 5.74) is 2.36. The van der Waals surface area contributed by atoms with Crippen molar-refractivity contribution in [3.8, 4) is 5.00 Å². The third-order valence-corrected chi connectivity index (χ3v) is 7.98. The lowest BCUT2D eigenvalue weighted by molar-refractivity contribution is -0.117. The molecule has 0 bridgehead atoms. The van der Waals surface area contributed by atoms with E-state index in [-0.39, 0.29) is 24.1 Å². The Kier molecular flexibility index (Phi) is 6.55. The molecule has 0 aliphatic carbocycles. The van der Waals surface area contributed by atoms with E-state index in [1.807, 2.05) is 49.6 Å². The van der Waals surface area contributed by atoms with Crippen LogP contribution in [0.1, 0.15) is 35.7 Å². The number of nitrogens with one attached hydrogen (secondary N) is 1. The minimum atomic E-state index is -3.25. The van der Waals surface area contributed by atoms with Gasteiger partial charge in [0.25, 0.3) is 0 Å². The highest BCUT2D eigenvalue weighted by atomic mass is 32.2. The van der Waals surface area contributed by atoms with Crippen molar-refractivity contribution in [1.82, 2.24) is 18.7 Å². The molecule has 4 rings (SSSR count). The Morgan fingerprint density at radius 2 is 1.94 bits per heavy atom. The lowest BCUT2D eigenvalue weighted by atomic mass is 9.97. The third-order valence-electron chi connectivity index (χ3n) is 5.83. The van der Waals surface area contributed by atoms with Crippen molar-refractivity contribution in [3.05, 3.63) is 63.1 Å². The fraction of sp³-hybridized carbons (Fsp3) is 0.409. The monoisotopic (exact) mass is 489 g/mol. The van der Waals surface area contributed by atoms with Crippen LogP contribution in [0.15, 0.2) is 40.5 Å². The van der Waals surface area contributed by atoms with Crippen molar-refractivity contribution in [2.24, 2.45) is 0 Å². The predicted molar refractivity (Wildman–Crippen MR) is 129 cm³/mol. The lowest BCUT2D eigenvalue weighted by Crippen LogP contribution is -2.37. The van der Waals surface area contributed by atoms with Crippen LogP contribution in [0.25, 0.3) is 5.00 Å². The van der Waals surface area contributed by atoms with E-state index in [0.29, 0.717) is 37.4 Å². The molecule has 0 spiro atoms. The fourth-order valence-corrected chi connectivity index (χ4v) is 5.73. The molecular weight excluding hydrogens is 462 g/mol. The van der Waals surface area contributed by atoms with Crippen molar-refractivity contribution in [3.63, 3.8) is 0 Å². The molecule has 1 aliphatic heterocycles. The molecule has 2 aromatic heterocycles. The number of aryl methyl sites for hydroxylation is 2. The Morgan fingerprint density at radius 1 is 1.21 bits per heavy atom. The molecular formula is C22H27N5O4S2. The van der Waals surface area contributed by atoms with E-state index < -0.39 is 10.0 Å². The Labute approximate surface area is 196 Å². The molecule has 1 amide bonds. The molecule has 1 N–H and O–H groups in total. The zero-order valence-corrected chi connectivity index (χ0v) is 20.4. The van der Waals surface area contributed by atoms with Crippen LogP contribution < -0.4 is 11.0 Å². The molecule has 11 heteroatoms. The zero-order valence-electron chi connectivity index (χ0n) is 18.8. The Bertz CT molecular complexity index is 1320. The summed E-state index contributed by atoms with van der Waals surface area (Å²) in [6.07, 6.45) is 2.32. The minimum Gasteiger partial charge on any atom is -0.324 e. The number of piperidine rings is 1. The maximum absolute atomic E-state index is 13.2. The number of carbonyl (C=O) groups is 1. The van der Waals surface area contributed by atoms with E-state index >= 15 is 0 Å². The lowest BCUT2D eigenvalue weighted by Gasteiger charge is -2.29. The minimum absolute atomic E-state index is 0.0820. The molecule has 1 saturated heterocycles. The average Bonchev–Trinajstić information content (AvgIpc) is 3.38. The van der Waals surface area contributed by atoms with Crippen LogP contribution in [0.4, 0.5) is 5.69 Å². The number of rotatable bonds is 6. The first-order valence-corrected chi connectivity index (χ1v) is 13.4. The zero-order chi connectivity index (χ0) is 23.8. The van der Waals surface area contributed by atoms with Crippen LogP contribution in [-0.4, -0.2) is 52.3 Å². The van der Waals surface area contributed by atoms with Crippen LogP contribution in [-0.2, 0) is 21.4 Å². The average molecular weight is 490 g/mol. The van der Waals surface area contributed by atoms with Crippen molar-refractivity contribution in [2.75, 3.05) is 24.7 Å². The highest BCUT2D eigenvalue weighted by Crippen LogP contribution is 2.29. The van der Waals surface area contributed by atoms with Gasteiger partial charge in [-0.05, 0) is 55.8 Å². The molecule has 176 valence electrons. The summed E-state index contributed by atoms with van der Waals surface area (Å²) in [5, 5.41) is 10.0. The molecule has 0 radical (unpaired) electrons. The van der Waals surface area contributed by atoms with Gasteiger partial charge in [0.15, 0.2) is 0 Å². The van der Waals surface area contributed by atoms with Gasteiger partial charge in [0.2, 0.25) is 15.9 Å². The van der Waals surface area contributed by atoms with Gasteiger partial charge in [0, 0.05) is 24.7 Å². The summed E-state index contributed by atoms with van der Waals surface area (Å²) in [6.45, 7) is 4.45. The standard InChI is InChI=1S/C22H27N5O4S2/c1-15-6-7-18(16(2)13-15)23-19(28)14-26-22(29)27(20-5-4-12-32-20)21(24-26)17-8-10-25(11-9-17)33(3,30)31/h4-7,12-13,17H,8-11,14H2,1-3H3,(H,23,28). The van der Waals surface area contributed by atoms with E-state index in [1.165, 1.54) is 26.6 Å². The second kappa shape index (κ2) is 9.24. The Hall–Kier alpha value is -2.76. The number of nitrogens with zero attached hydrogens (tertiary/aromatic N) is 4. The van der Waals surface area contributed by atoms with Crippen molar-refractivity contribution in [1.29, 1.82) is 0 Å². The van der Waals surface area contributed by atoms with Crippen LogP contribution >= 0.6 is 11.3 Å². The first kappa shape index (κ1) is 23.4. The number of hydrogen-bond acceptors (Lipinski definition) is 6. The number of amides is 1. The molecule has 0 saturated carbocycles. The first-order chi connectivity index (χ1) is 15.6. The van der Waals surface area contributed by atoms with Gasteiger partial charge in [0.05, 0.1) is 6.26 Å². The molecule has 0 atom stereocenters. The second-order valence-corrected chi connectivity index (χ2v) is 11.3. The van der Waals surface area contributed by atoms with Gasteiger partial charge < -0.3 is 5.32 Å². The molecule has 9 nitrogen and oxygen atoms in total. The Balaban J connectivity index is 1.60. The maximum atomic E-state index is 13.2. The van der Waals surface area contributed by atoms with E-state index in [9.17, 15) is 18.0 Å². The molecule has 1 fully saturated rings. The number of benzene rings is 1. The van der Waals surface area contributed by atoms with Gasteiger partial charge >= 0.3 is 5.69 Å². The third kappa shape index (κ3) is 5.10. The molecule has 3 heterocycles. The summed E-state index contributed by atoms with van der Waals surface area (Å²) < 4.78 is 27.9. The van der Waals surface area contributed by atoms with Crippen molar-refractivity contribution < 1.29 is 13.2 Å². The SMILES string of the molecule is Cc1ccc(NC(=O)Cn2nc(C3CCN(S(C)(=O)=O)CC3)n(-c3cccs3)c2=O)c(C)c1. The summed E-state index contributed by atoms with van der Waals surface area (Å²) >= 11 is 1.41. The summed E-state index contributed by atoms with van der Waals surface area (Å²) in [5.74, 6) is 0.148. The number of sulfonamides is 1. The van der Waals surface area contributed by atoms with E-state index in [0.717, 1.165) is 16.1 Å². The molecule has 0 unspecified atom stereocenters. The highest BCUT2D eigenvalue weighted by molar-refractivity contribution is 7.88. The summed E-state index contributed by atoms with van der Waals surface area (Å²) in [6, 6.07) is 9.43. The summed E-state index contributed by atoms with van der Waals surface area (Å²) in [7, 11) is -3.25. The normalized spacial score (nSPS) is 15.6. The Morgan fingerprint density at radius 3 is 2.55 bits per heavy atom. The van der Waals surface area contributed by atoms with Crippen molar-refractivity contribution >= 4 is 33.0 Å². The first-order valence-electron chi connectivity index (χ1n) is 10.7. The predicted octanol–water partition coefficient (Wildman–Crippen LogP) is 2.49. The number of thiophene rings is 1. The maximum Gasteiger partial charge on any atom is 0.351 e. The quantitative estimate of drug-likeness (QED) is 0.573. The van der Waals surface area contributed by atoms with Crippen LogP contribution in [0.3, 0.4) is 0 Å². The van der Waals surface area contributed by atoms with Gasteiger partial charge in [-0.15, -0.1) is 11.3 Å². The van der Waals surface area contributed by atoms with Gasteiger partial charge in [-0.3, -0.25) is 4.79 Å². The number of carbonyl (C=O) groups excluding carboxylic acids is 1. The van der Waals surface area contributed by atoms with Crippen LogP contribution in [0.5, 0.6) is 0 Å². The highest BCUT2D eigenvalue weighted by Gasteiger charge is 2.31. The van der Waals surface area contributed by atoms with E-state index in [1.54, 1.807) is 4.57 Å². The molecule has 33 heavy (non-hydrogen) atoms. The largest absolute Gasteiger partial charge is 0.351 e. The summed E-state index contributed by atoms with van der Waals surface area (Å²) in [4.78, 5) is 26.0. The number of hydrogen-bond donors (Lipinski definition) is 1. The van der Waals surface area contributed by atoms with Gasteiger partial charge in [-0.2, -0.15) is 5.10 Å². The number of aromatic nitrogens is 3. The van der Waals surface area contributed by atoms with Gasteiger partial charge in [-0.25, -0.2) is 26.8 Å². The fourth-order valence-electron chi connectivity index (χ4n) is 4.12. The molecule has 3 aromatic rings.